The molecule has 0 atom stereocenters. The first kappa shape index (κ1) is 13.4. The zero-order valence-electron chi connectivity index (χ0n) is 11.3. The van der Waals surface area contributed by atoms with Gasteiger partial charge in [-0.15, -0.1) is 0 Å². The van der Waals surface area contributed by atoms with Gasteiger partial charge in [0.05, 0.1) is 12.7 Å². The van der Waals surface area contributed by atoms with Crippen LogP contribution in [-0.4, -0.2) is 12.5 Å². The van der Waals surface area contributed by atoms with E-state index in [2.05, 4.69) is 18.3 Å². The third-order valence-electron chi connectivity index (χ3n) is 3.45. The summed E-state index contributed by atoms with van der Waals surface area (Å²) in [5.74, 6) is 0.954. The highest BCUT2D eigenvalue weighted by atomic mass is 16.5. The van der Waals surface area contributed by atoms with Crippen LogP contribution in [0.4, 0.5) is 5.69 Å². The van der Waals surface area contributed by atoms with E-state index in [-0.39, 0.29) is 5.91 Å². The van der Waals surface area contributed by atoms with Crippen LogP contribution in [0.5, 0.6) is 5.75 Å². The molecule has 0 aliphatic heterocycles. The minimum absolute atomic E-state index is 0.207. The number of rotatable bonds is 4. The van der Waals surface area contributed by atoms with E-state index in [1.807, 2.05) is 19.1 Å². The van der Waals surface area contributed by atoms with Gasteiger partial charge in [0.1, 0.15) is 11.2 Å². The minimum Gasteiger partial charge on any atom is -0.494 e. The lowest BCUT2D eigenvalue weighted by Crippen LogP contribution is -2.45. The van der Waals surface area contributed by atoms with E-state index in [9.17, 15) is 10.1 Å². The van der Waals surface area contributed by atoms with Gasteiger partial charge in [0.25, 0.3) is 0 Å². The van der Waals surface area contributed by atoms with Crippen molar-refractivity contribution in [3.63, 3.8) is 0 Å². The summed E-state index contributed by atoms with van der Waals surface area (Å²) in [6.45, 7) is 4.54. The smallest absolute Gasteiger partial charge is 0.244 e. The average molecular weight is 258 g/mol. The Bertz CT molecular complexity index is 513. The van der Waals surface area contributed by atoms with Gasteiger partial charge in [-0.3, -0.25) is 4.79 Å². The lowest BCUT2D eigenvalue weighted by atomic mass is 9.63. The quantitative estimate of drug-likeness (QED) is 0.903. The molecule has 1 N–H and O–H groups in total. The average Bonchev–Trinajstić information content (AvgIpc) is 2.35. The molecule has 0 aromatic heterocycles. The molecule has 0 bridgehead atoms. The van der Waals surface area contributed by atoms with Crippen molar-refractivity contribution in [2.24, 2.45) is 11.3 Å². The number of carbonyl (C=O) groups is 1. The molecule has 1 amide bonds. The highest BCUT2D eigenvalue weighted by molar-refractivity contribution is 5.98. The molecular formula is C15H18N2O2. The van der Waals surface area contributed by atoms with Crippen LogP contribution in [0.15, 0.2) is 24.3 Å². The van der Waals surface area contributed by atoms with Crippen LogP contribution in [0.1, 0.15) is 26.7 Å². The van der Waals surface area contributed by atoms with Crippen molar-refractivity contribution in [2.75, 3.05) is 11.9 Å². The molecule has 1 aromatic carbocycles. The van der Waals surface area contributed by atoms with Crippen LogP contribution in [0.25, 0.3) is 0 Å². The molecule has 1 aliphatic carbocycles. The number of hydrogen-bond acceptors (Lipinski definition) is 3. The fourth-order valence-electron chi connectivity index (χ4n) is 2.54. The molecule has 1 saturated carbocycles. The lowest BCUT2D eigenvalue weighted by molar-refractivity contribution is -0.128. The number of nitriles is 1. The predicted molar refractivity (Wildman–Crippen MR) is 72.7 cm³/mol. The van der Waals surface area contributed by atoms with Gasteiger partial charge < -0.3 is 10.1 Å². The molecule has 100 valence electrons. The molecule has 1 aliphatic rings. The zero-order valence-corrected chi connectivity index (χ0v) is 11.3. The van der Waals surface area contributed by atoms with Crippen LogP contribution >= 0.6 is 0 Å². The third kappa shape index (κ3) is 2.70. The van der Waals surface area contributed by atoms with Crippen molar-refractivity contribution in [1.29, 1.82) is 5.26 Å². The Kier molecular flexibility index (Phi) is 3.75. The van der Waals surface area contributed by atoms with Crippen molar-refractivity contribution in [1.82, 2.24) is 0 Å². The molecule has 1 fully saturated rings. The molecule has 2 rings (SSSR count). The maximum Gasteiger partial charge on any atom is 0.244 e. The number of nitrogens with zero attached hydrogens (tertiary/aromatic N) is 1. The summed E-state index contributed by atoms with van der Waals surface area (Å²) in [7, 11) is 0. The largest absolute Gasteiger partial charge is 0.494 e. The molecular weight excluding hydrogens is 240 g/mol. The maximum absolute atomic E-state index is 12.2. The first-order valence-corrected chi connectivity index (χ1v) is 6.55. The van der Waals surface area contributed by atoms with Crippen molar-refractivity contribution >= 4 is 11.6 Å². The van der Waals surface area contributed by atoms with Gasteiger partial charge in [-0.25, -0.2) is 0 Å². The van der Waals surface area contributed by atoms with Crippen LogP contribution in [0.2, 0.25) is 0 Å². The summed E-state index contributed by atoms with van der Waals surface area (Å²) in [6, 6.07) is 9.39. The SMILES string of the molecule is CCOc1cccc(NC(=O)C2(C#N)CC(C)C2)c1. The van der Waals surface area contributed by atoms with E-state index in [1.165, 1.54) is 0 Å². The fraction of sp³-hybridized carbons (Fsp3) is 0.467. The van der Waals surface area contributed by atoms with E-state index in [0.29, 0.717) is 36.8 Å². The molecule has 0 spiro atoms. The summed E-state index contributed by atoms with van der Waals surface area (Å²) in [6.07, 6.45) is 1.28. The second-order valence-electron chi connectivity index (χ2n) is 5.12. The summed E-state index contributed by atoms with van der Waals surface area (Å²) in [5, 5.41) is 12.0. The Balaban J connectivity index is 2.07. The molecule has 0 heterocycles. The molecule has 4 nitrogen and oxygen atoms in total. The Morgan fingerprint density at radius 1 is 1.58 bits per heavy atom. The van der Waals surface area contributed by atoms with Gasteiger partial charge in [-0.05, 0) is 37.8 Å². The first-order chi connectivity index (χ1) is 9.09. The van der Waals surface area contributed by atoms with Crippen molar-refractivity contribution < 1.29 is 9.53 Å². The number of carbonyl (C=O) groups excluding carboxylic acids is 1. The third-order valence-corrected chi connectivity index (χ3v) is 3.45. The van der Waals surface area contributed by atoms with Crippen molar-refractivity contribution in [2.45, 2.75) is 26.7 Å². The maximum atomic E-state index is 12.2. The van der Waals surface area contributed by atoms with Gasteiger partial charge in [-0.2, -0.15) is 5.26 Å². The summed E-state index contributed by atoms with van der Waals surface area (Å²) in [5.41, 5.74) is -0.175. The van der Waals surface area contributed by atoms with Crippen LogP contribution in [-0.2, 0) is 4.79 Å². The standard InChI is InChI=1S/C15H18N2O2/c1-3-19-13-6-4-5-12(7-13)17-14(18)15(10-16)8-11(2)9-15/h4-7,11H,3,8-9H2,1-2H3,(H,17,18). The van der Waals surface area contributed by atoms with E-state index in [1.54, 1.807) is 12.1 Å². The topological polar surface area (TPSA) is 62.1 Å². The molecule has 4 heteroatoms. The Hall–Kier alpha value is -2.02. The number of nitrogens with one attached hydrogen (secondary N) is 1. The van der Waals surface area contributed by atoms with E-state index < -0.39 is 5.41 Å². The highest BCUT2D eigenvalue weighted by Crippen LogP contribution is 2.45. The lowest BCUT2D eigenvalue weighted by Gasteiger charge is -2.39. The molecule has 0 radical (unpaired) electrons. The van der Waals surface area contributed by atoms with Gasteiger partial charge in [0.2, 0.25) is 5.91 Å². The van der Waals surface area contributed by atoms with Gasteiger partial charge in [0.15, 0.2) is 0 Å². The molecule has 0 saturated heterocycles. The number of amides is 1. The van der Waals surface area contributed by atoms with Crippen molar-refractivity contribution in [3.05, 3.63) is 24.3 Å². The predicted octanol–water partition coefficient (Wildman–Crippen LogP) is 2.96. The Labute approximate surface area is 113 Å². The molecule has 19 heavy (non-hydrogen) atoms. The van der Waals surface area contributed by atoms with Gasteiger partial charge >= 0.3 is 0 Å². The normalized spacial score (nSPS) is 25.0. The van der Waals surface area contributed by atoms with Crippen molar-refractivity contribution in [3.8, 4) is 11.8 Å². The number of benzene rings is 1. The minimum atomic E-state index is -0.846. The number of ether oxygens (including phenoxy) is 1. The molecule has 1 aromatic rings. The van der Waals surface area contributed by atoms with E-state index in [4.69, 9.17) is 4.74 Å². The number of hydrogen-bond donors (Lipinski definition) is 1. The molecule has 0 unspecified atom stereocenters. The van der Waals surface area contributed by atoms with Gasteiger partial charge in [-0.1, -0.05) is 13.0 Å². The fourth-order valence-corrected chi connectivity index (χ4v) is 2.54. The zero-order chi connectivity index (χ0) is 13.9. The van der Waals surface area contributed by atoms with E-state index in [0.717, 1.165) is 0 Å². The first-order valence-electron chi connectivity index (χ1n) is 6.55. The summed E-state index contributed by atoms with van der Waals surface area (Å²) in [4.78, 5) is 12.2. The van der Waals surface area contributed by atoms with Gasteiger partial charge in [0, 0.05) is 11.8 Å². The summed E-state index contributed by atoms with van der Waals surface area (Å²) >= 11 is 0. The Morgan fingerprint density at radius 3 is 2.89 bits per heavy atom. The number of anilines is 1. The van der Waals surface area contributed by atoms with E-state index >= 15 is 0 Å². The van der Waals surface area contributed by atoms with Crippen LogP contribution in [0.3, 0.4) is 0 Å². The van der Waals surface area contributed by atoms with Crippen LogP contribution in [0, 0.1) is 22.7 Å². The Morgan fingerprint density at radius 2 is 2.32 bits per heavy atom. The highest BCUT2D eigenvalue weighted by Gasteiger charge is 2.48. The van der Waals surface area contributed by atoms with Crippen LogP contribution < -0.4 is 10.1 Å². The monoisotopic (exact) mass is 258 g/mol. The second kappa shape index (κ2) is 5.31. The second-order valence-corrected chi connectivity index (χ2v) is 5.12. The summed E-state index contributed by atoms with van der Waals surface area (Å²) < 4.78 is 5.38.